The van der Waals surface area contributed by atoms with Crippen LogP contribution in [0.2, 0.25) is 0 Å². The van der Waals surface area contributed by atoms with Crippen LogP contribution in [0.3, 0.4) is 0 Å². The first-order valence-corrected chi connectivity index (χ1v) is 10.6. The number of esters is 1. The molecule has 0 aromatic heterocycles. The Morgan fingerprint density at radius 3 is 2.62 bits per heavy atom. The molecule has 2 aromatic carbocycles. The van der Waals surface area contributed by atoms with Gasteiger partial charge in [-0.15, -0.1) is 0 Å². The van der Waals surface area contributed by atoms with E-state index in [2.05, 4.69) is 26.8 Å². The second-order valence-electron chi connectivity index (χ2n) is 9.28. The summed E-state index contributed by atoms with van der Waals surface area (Å²) in [5, 5.41) is 0. The molecule has 0 amide bonds. The summed E-state index contributed by atoms with van der Waals surface area (Å²) in [7, 11) is 0. The quantitative estimate of drug-likeness (QED) is 0.686. The Bertz CT molecular complexity index is 925. The molecule has 2 bridgehead atoms. The van der Waals surface area contributed by atoms with E-state index in [0.717, 1.165) is 17.7 Å². The van der Waals surface area contributed by atoms with Crippen LogP contribution in [0.4, 0.5) is 0 Å². The molecule has 2 aliphatic heterocycles. The molecule has 0 radical (unpaired) electrons. The number of carbonyl (C=O) groups excluding carboxylic acids is 1. The Kier molecular flexibility index (Phi) is 4.25. The number of carbonyl (C=O) groups is 1. The molecule has 0 spiro atoms. The van der Waals surface area contributed by atoms with Gasteiger partial charge in [0.2, 0.25) is 0 Å². The van der Waals surface area contributed by atoms with Gasteiger partial charge in [0.05, 0.1) is 24.9 Å². The summed E-state index contributed by atoms with van der Waals surface area (Å²) in [5.74, 6) is 1.54. The number of para-hydroxylation sites is 1. The summed E-state index contributed by atoms with van der Waals surface area (Å²) < 4.78 is 18.9. The minimum absolute atomic E-state index is 0.0328. The number of benzene rings is 2. The van der Waals surface area contributed by atoms with Crippen molar-refractivity contribution < 1.29 is 19.0 Å². The van der Waals surface area contributed by atoms with E-state index >= 15 is 0 Å². The summed E-state index contributed by atoms with van der Waals surface area (Å²) in [6.45, 7) is 7.75. The summed E-state index contributed by atoms with van der Waals surface area (Å²) in [5.41, 5.74) is 1.27. The van der Waals surface area contributed by atoms with Crippen LogP contribution >= 0.6 is 0 Å². The summed E-state index contributed by atoms with van der Waals surface area (Å²) >= 11 is 0. The molecule has 5 rings (SSSR count). The van der Waals surface area contributed by atoms with E-state index in [1.54, 1.807) is 12.1 Å². The van der Waals surface area contributed by atoms with E-state index < -0.39 is 0 Å². The van der Waals surface area contributed by atoms with Crippen molar-refractivity contribution in [2.45, 2.75) is 38.9 Å². The molecule has 6 atom stereocenters. The van der Waals surface area contributed by atoms with Crippen molar-refractivity contribution in [2.75, 3.05) is 13.2 Å². The minimum Gasteiger partial charge on any atom is -0.487 e. The largest absolute Gasteiger partial charge is 0.487 e. The topological polar surface area (TPSA) is 44.8 Å². The van der Waals surface area contributed by atoms with Crippen LogP contribution in [0.15, 0.2) is 54.6 Å². The van der Waals surface area contributed by atoms with Gasteiger partial charge in [0.25, 0.3) is 0 Å². The summed E-state index contributed by atoms with van der Waals surface area (Å²) in [6, 6.07) is 17.4. The molecule has 2 aromatic rings. The first-order valence-electron chi connectivity index (χ1n) is 10.6. The second kappa shape index (κ2) is 6.60. The van der Waals surface area contributed by atoms with Crippen LogP contribution in [0.5, 0.6) is 5.75 Å². The molecule has 152 valence electrons. The number of hydrogen-bond donors (Lipinski definition) is 0. The van der Waals surface area contributed by atoms with Crippen molar-refractivity contribution in [3.05, 3.63) is 65.7 Å². The lowest BCUT2D eigenvalue weighted by atomic mass is 9.50. The van der Waals surface area contributed by atoms with Gasteiger partial charge in [0.1, 0.15) is 11.4 Å². The van der Waals surface area contributed by atoms with Gasteiger partial charge < -0.3 is 14.2 Å². The third kappa shape index (κ3) is 2.72. The van der Waals surface area contributed by atoms with Gasteiger partial charge in [0, 0.05) is 16.9 Å². The lowest BCUT2D eigenvalue weighted by Crippen LogP contribution is -2.66. The molecule has 2 heterocycles. The molecule has 2 fully saturated rings. The lowest BCUT2D eigenvalue weighted by molar-refractivity contribution is -0.259. The van der Waals surface area contributed by atoms with Gasteiger partial charge in [0.15, 0.2) is 0 Å². The molecular formula is C25H28O4. The van der Waals surface area contributed by atoms with E-state index in [1.165, 1.54) is 0 Å². The van der Waals surface area contributed by atoms with Gasteiger partial charge in [-0.25, -0.2) is 4.79 Å². The zero-order valence-electron chi connectivity index (χ0n) is 17.3. The molecule has 0 unspecified atom stereocenters. The van der Waals surface area contributed by atoms with Crippen LogP contribution in [0, 0.1) is 23.2 Å². The number of fused-ring (bicyclic) bond motifs is 3. The average molecular weight is 392 g/mol. The van der Waals surface area contributed by atoms with Crippen molar-refractivity contribution in [2.24, 2.45) is 23.2 Å². The first kappa shape index (κ1) is 18.7. The SMILES string of the molecule is C[C@H]1C[C@@]2(C)Oc3ccccc3[C@H]3OC[C@@]1(COC(=O)c1ccccc1)[C@@H](C)[C@H]32. The molecule has 1 saturated carbocycles. The van der Waals surface area contributed by atoms with Crippen molar-refractivity contribution in [1.82, 2.24) is 0 Å². The smallest absolute Gasteiger partial charge is 0.338 e. The average Bonchev–Trinajstić information content (AvgIpc) is 2.72. The molecule has 4 nitrogen and oxygen atoms in total. The van der Waals surface area contributed by atoms with E-state index in [4.69, 9.17) is 14.2 Å². The molecule has 0 N–H and O–H groups in total. The fraction of sp³-hybridized carbons (Fsp3) is 0.480. The Balaban J connectivity index is 1.44. The van der Waals surface area contributed by atoms with Crippen LogP contribution in [-0.4, -0.2) is 24.8 Å². The maximum Gasteiger partial charge on any atom is 0.338 e. The Hall–Kier alpha value is -2.33. The normalized spacial score (nSPS) is 37.2. The van der Waals surface area contributed by atoms with Crippen LogP contribution < -0.4 is 4.74 Å². The fourth-order valence-electron chi connectivity index (χ4n) is 6.11. The minimum atomic E-state index is -0.273. The third-order valence-electron chi connectivity index (χ3n) is 7.75. The molecule has 29 heavy (non-hydrogen) atoms. The van der Waals surface area contributed by atoms with Crippen molar-refractivity contribution in [3.63, 3.8) is 0 Å². The fourth-order valence-corrected chi connectivity index (χ4v) is 6.11. The predicted molar refractivity (Wildman–Crippen MR) is 110 cm³/mol. The van der Waals surface area contributed by atoms with Gasteiger partial charge >= 0.3 is 5.97 Å². The highest BCUT2D eigenvalue weighted by molar-refractivity contribution is 5.89. The predicted octanol–water partition coefficient (Wildman–Crippen LogP) is 5.04. The van der Waals surface area contributed by atoms with Crippen LogP contribution in [0.25, 0.3) is 0 Å². The summed E-state index contributed by atoms with van der Waals surface area (Å²) in [4.78, 5) is 12.6. The maximum atomic E-state index is 12.6. The van der Waals surface area contributed by atoms with Crippen molar-refractivity contribution in [3.8, 4) is 5.75 Å². The van der Waals surface area contributed by atoms with Gasteiger partial charge in [-0.3, -0.25) is 0 Å². The molecule has 1 saturated heterocycles. The number of hydrogen-bond acceptors (Lipinski definition) is 4. The highest BCUT2D eigenvalue weighted by Crippen LogP contribution is 2.63. The number of ether oxygens (including phenoxy) is 3. The highest BCUT2D eigenvalue weighted by Gasteiger charge is 2.64. The Morgan fingerprint density at radius 2 is 1.83 bits per heavy atom. The number of rotatable bonds is 3. The molecule has 4 heteroatoms. The van der Waals surface area contributed by atoms with Gasteiger partial charge in [-0.2, -0.15) is 0 Å². The van der Waals surface area contributed by atoms with Gasteiger partial charge in [-0.1, -0.05) is 50.2 Å². The lowest BCUT2D eigenvalue weighted by Gasteiger charge is -2.63. The van der Waals surface area contributed by atoms with E-state index in [0.29, 0.717) is 30.6 Å². The second-order valence-corrected chi connectivity index (χ2v) is 9.28. The highest BCUT2D eigenvalue weighted by atomic mass is 16.5. The first-order chi connectivity index (χ1) is 13.9. The third-order valence-corrected chi connectivity index (χ3v) is 7.75. The van der Waals surface area contributed by atoms with E-state index in [9.17, 15) is 4.79 Å². The van der Waals surface area contributed by atoms with Crippen molar-refractivity contribution >= 4 is 5.97 Å². The monoisotopic (exact) mass is 392 g/mol. The van der Waals surface area contributed by atoms with Gasteiger partial charge in [-0.05, 0) is 43.4 Å². The molecule has 3 aliphatic rings. The van der Waals surface area contributed by atoms with E-state index in [1.807, 2.05) is 36.4 Å². The van der Waals surface area contributed by atoms with Crippen LogP contribution in [0.1, 0.15) is 49.2 Å². The maximum absolute atomic E-state index is 12.6. The Morgan fingerprint density at radius 1 is 1.10 bits per heavy atom. The van der Waals surface area contributed by atoms with Crippen LogP contribution in [-0.2, 0) is 9.47 Å². The van der Waals surface area contributed by atoms with Crippen molar-refractivity contribution in [1.29, 1.82) is 0 Å². The summed E-state index contributed by atoms with van der Waals surface area (Å²) in [6.07, 6.45) is 0.962. The molecule has 1 aliphatic carbocycles. The Labute approximate surface area is 172 Å². The molecular weight excluding hydrogens is 364 g/mol. The standard InChI is InChI=1S/C25H28O4/c1-16-13-24(3)21-17(2)25(16,15-28-23(26)18-9-5-4-6-10-18)14-27-22(21)19-11-7-8-12-20(19)29-24/h4-12,16-17,21-22H,13-15H2,1-3H3/t16-,17-,21+,22+,24+,25-/m0/s1. The zero-order chi connectivity index (χ0) is 20.2. The van der Waals surface area contributed by atoms with E-state index in [-0.39, 0.29) is 29.0 Å². The zero-order valence-corrected chi connectivity index (χ0v) is 17.3.